The van der Waals surface area contributed by atoms with Crippen LogP contribution in [-0.2, 0) is 6.42 Å². The van der Waals surface area contributed by atoms with Gasteiger partial charge in [-0.3, -0.25) is 9.59 Å². The summed E-state index contributed by atoms with van der Waals surface area (Å²) in [5.74, 6) is 1.25. The van der Waals surface area contributed by atoms with Gasteiger partial charge in [0.1, 0.15) is 22.8 Å². The van der Waals surface area contributed by atoms with E-state index in [-0.39, 0.29) is 11.4 Å². The minimum Gasteiger partial charge on any atom is -0.497 e. The Morgan fingerprint density at radius 2 is 1.97 bits per heavy atom. The van der Waals surface area contributed by atoms with E-state index in [4.69, 9.17) is 9.47 Å². The van der Waals surface area contributed by atoms with Gasteiger partial charge in [0.25, 0.3) is 11.5 Å². The Hall–Kier alpha value is -4.53. The van der Waals surface area contributed by atoms with Crippen molar-refractivity contribution >= 4 is 5.91 Å². The van der Waals surface area contributed by atoms with Gasteiger partial charge in [0.05, 0.1) is 19.8 Å². The zero-order chi connectivity index (χ0) is 23.5. The molecule has 1 aliphatic heterocycles. The number of rotatable bonds is 6. The molecule has 34 heavy (non-hydrogen) atoms. The molecule has 5 rings (SSSR count). The average Bonchev–Trinajstić information content (AvgIpc) is 3.36. The quantitative estimate of drug-likeness (QED) is 0.459. The molecule has 9 heteroatoms. The van der Waals surface area contributed by atoms with Gasteiger partial charge in [-0.05, 0) is 53.1 Å². The van der Waals surface area contributed by atoms with E-state index in [1.165, 1.54) is 12.4 Å². The molecule has 0 fully saturated rings. The van der Waals surface area contributed by atoms with E-state index in [9.17, 15) is 9.59 Å². The van der Waals surface area contributed by atoms with E-state index in [1.54, 1.807) is 19.2 Å². The second-order valence-electron chi connectivity index (χ2n) is 7.73. The summed E-state index contributed by atoms with van der Waals surface area (Å²) in [6.45, 7) is 0.636. The number of aromatic nitrogens is 4. The maximum Gasteiger partial charge on any atom is 0.264 e. The lowest BCUT2D eigenvalue weighted by molar-refractivity contribution is 0.0941. The Balaban J connectivity index is 1.47. The molecule has 0 bridgehead atoms. The highest BCUT2D eigenvalue weighted by atomic mass is 16.5. The van der Waals surface area contributed by atoms with Gasteiger partial charge in [0.15, 0.2) is 5.82 Å². The number of benzene rings is 2. The number of hydrogen-bond acceptors (Lipinski definition) is 7. The van der Waals surface area contributed by atoms with Crippen LogP contribution in [0.4, 0.5) is 0 Å². The third-order valence-corrected chi connectivity index (χ3v) is 5.63. The van der Waals surface area contributed by atoms with Crippen molar-refractivity contribution in [1.29, 1.82) is 0 Å². The first-order valence-electron chi connectivity index (χ1n) is 10.7. The summed E-state index contributed by atoms with van der Waals surface area (Å²) in [5, 5.41) is 10.7. The predicted octanol–water partition coefficient (Wildman–Crippen LogP) is 2.69. The number of amides is 1. The van der Waals surface area contributed by atoms with Crippen LogP contribution in [0.3, 0.4) is 0 Å². The summed E-state index contributed by atoms with van der Waals surface area (Å²) in [7, 11) is 1.60. The molecular weight excluding hydrogens is 434 g/mol. The number of hydrogen-bond donors (Lipinski definition) is 2. The van der Waals surface area contributed by atoms with Gasteiger partial charge in [-0.2, -0.15) is 5.10 Å². The van der Waals surface area contributed by atoms with Gasteiger partial charge < -0.3 is 19.8 Å². The molecular formula is C25H21N5O4. The number of fused-ring (bicyclic) bond motifs is 1. The van der Waals surface area contributed by atoms with Crippen molar-refractivity contribution in [2.45, 2.75) is 12.5 Å². The highest BCUT2D eigenvalue weighted by Crippen LogP contribution is 2.31. The van der Waals surface area contributed by atoms with E-state index in [1.807, 2.05) is 42.5 Å². The topological polar surface area (TPSA) is 119 Å². The normalized spacial score (nSPS) is 13.0. The van der Waals surface area contributed by atoms with E-state index in [2.05, 4.69) is 25.5 Å². The van der Waals surface area contributed by atoms with Crippen molar-refractivity contribution in [2.75, 3.05) is 13.7 Å². The molecule has 0 radical (unpaired) electrons. The number of nitrogens with one attached hydrogen (secondary N) is 2. The molecule has 3 heterocycles. The van der Waals surface area contributed by atoms with Crippen molar-refractivity contribution in [3.8, 4) is 23.0 Å². The Kier molecular flexibility index (Phi) is 5.73. The standard InChI is InChI=1S/C25H21N5O4/c1-33-18-7-4-15(5-8-18)22(17-6-9-21-16(13-17)10-12-34-21)28-24(31)19-14-26-23(29-25(19)32)20-3-2-11-27-30-20/h2-9,11,13-14,22H,10,12H2,1H3,(H,28,31)(H,26,29,32)/t22-/m0/s1. The highest BCUT2D eigenvalue weighted by Gasteiger charge is 2.23. The number of aromatic amines is 1. The first-order chi connectivity index (χ1) is 16.6. The fourth-order valence-electron chi connectivity index (χ4n) is 3.86. The molecule has 0 unspecified atom stereocenters. The van der Waals surface area contributed by atoms with Crippen molar-refractivity contribution in [1.82, 2.24) is 25.5 Å². The Labute approximate surface area is 194 Å². The minimum atomic E-state index is -0.566. The van der Waals surface area contributed by atoms with Crippen molar-refractivity contribution in [3.63, 3.8) is 0 Å². The maximum absolute atomic E-state index is 13.2. The maximum atomic E-state index is 13.2. The van der Waals surface area contributed by atoms with Crippen molar-refractivity contribution < 1.29 is 14.3 Å². The van der Waals surface area contributed by atoms with Crippen LogP contribution in [0, 0.1) is 0 Å². The van der Waals surface area contributed by atoms with Crippen LogP contribution < -0.4 is 20.3 Å². The zero-order valence-electron chi connectivity index (χ0n) is 18.3. The van der Waals surface area contributed by atoms with Gasteiger partial charge in [0.2, 0.25) is 0 Å². The smallest absolute Gasteiger partial charge is 0.264 e. The highest BCUT2D eigenvalue weighted by molar-refractivity contribution is 5.94. The SMILES string of the molecule is COc1ccc([C@H](NC(=O)c2cnc(-c3cccnn3)[nH]c2=O)c2ccc3c(c2)CCO3)cc1. The number of carbonyl (C=O) groups is 1. The Morgan fingerprint density at radius 1 is 1.15 bits per heavy atom. The first-order valence-corrected chi connectivity index (χ1v) is 10.7. The van der Waals surface area contributed by atoms with Crippen LogP contribution in [0.5, 0.6) is 11.5 Å². The average molecular weight is 455 g/mol. The molecule has 4 aromatic rings. The summed E-state index contributed by atoms with van der Waals surface area (Å²) in [4.78, 5) is 32.7. The van der Waals surface area contributed by atoms with E-state index < -0.39 is 17.5 Å². The number of carbonyl (C=O) groups excluding carboxylic acids is 1. The third-order valence-electron chi connectivity index (χ3n) is 5.63. The van der Waals surface area contributed by atoms with E-state index in [0.717, 1.165) is 28.9 Å². The molecule has 9 nitrogen and oxygen atoms in total. The molecule has 1 aliphatic rings. The summed E-state index contributed by atoms with van der Waals surface area (Å²) in [6.07, 6.45) is 3.58. The molecule has 0 spiro atoms. The lowest BCUT2D eigenvalue weighted by Crippen LogP contribution is -2.33. The number of H-pyrrole nitrogens is 1. The summed E-state index contributed by atoms with van der Waals surface area (Å²) in [5.41, 5.74) is 2.54. The molecule has 0 saturated heterocycles. The molecule has 0 aliphatic carbocycles. The molecule has 2 aromatic heterocycles. The molecule has 2 N–H and O–H groups in total. The minimum absolute atomic E-state index is 0.101. The van der Waals surface area contributed by atoms with Gasteiger partial charge in [-0.15, -0.1) is 5.10 Å². The van der Waals surface area contributed by atoms with Crippen LogP contribution in [-0.4, -0.2) is 39.8 Å². The number of methoxy groups -OCH3 is 1. The van der Waals surface area contributed by atoms with Crippen LogP contribution in [0.15, 0.2) is 71.8 Å². The third kappa shape index (κ3) is 4.23. The predicted molar refractivity (Wildman–Crippen MR) is 124 cm³/mol. The van der Waals surface area contributed by atoms with Crippen LogP contribution >= 0.6 is 0 Å². The summed E-state index contributed by atoms with van der Waals surface area (Å²) in [6, 6.07) is 16.1. The van der Waals surface area contributed by atoms with Gasteiger partial charge >= 0.3 is 0 Å². The fourth-order valence-corrected chi connectivity index (χ4v) is 3.86. The Morgan fingerprint density at radius 3 is 2.71 bits per heavy atom. The van der Waals surface area contributed by atoms with Gasteiger partial charge in [0, 0.05) is 18.8 Å². The summed E-state index contributed by atoms with van der Waals surface area (Å²) >= 11 is 0. The summed E-state index contributed by atoms with van der Waals surface area (Å²) < 4.78 is 10.9. The first kappa shape index (κ1) is 21.3. The fraction of sp³-hybridized carbons (Fsp3) is 0.160. The molecule has 170 valence electrons. The molecule has 2 aromatic carbocycles. The van der Waals surface area contributed by atoms with E-state index in [0.29, 0.717) is 18.1 Å². The zero-order valence-corrected chi connectivity index (χ0v) is 18.3. The lowest BCUT2D eigenvalue weighted by atomic mass is 9.96. The lowest BCUT2D eigenvalue weighted by Gasteiger charge is -2.21. The van der Waals surface area contributed by atoms with Crippen molar-refractivity contribution in [2.24, 2.45) is 0 Å². The Bertz CT molecular complexity index is 1390. The van der Waals surface area contributed by atoms with Crippen LogP contribution in [0.1, 0.15) is 33.1 Å². The largest absolute Gasteiger partial charge is 0.497 e. The number of ether oxygens (including phenoxy) is 2. The molecule has 1 atom stereocenters. The van der Waals surface area contributed by atoms with Gasteiger partial charge in [-0.25, -0.2) is 4.98 Å². The number of nitrogens with zero attached hydrogens (tertiary/aromatic N) is 3. The monoisotopic (exact) mass is 455 g/mol. The van der Waals surface area contributed by atoms with Crippen molar-refractivity contribution in [3.05, 3.63) is 99.6 Å². The van der Waals surface area contributed by atoms with Crippen LogP contribution in [0.2, 0.25) is 0 Å². The van der Waals surface area contributed by atoms with E-state index >= 15 is 0 Å². The molecule has 1 amide bonds. The second kappa shape index (κ2) is 9.14. The second-order valence-corrected chi connectivity index (χ2v) is 7.73. The molecule has 0 saturated carbocycles. The van der Waals surface area contributed by atoms with Crippen LogP contribution in [0.25, 0.3) is 11.5 Å². The van der Waals surface area contributed by atoms with Gasteiger partial charge in [-0.1, -0.05) is 18.2 Å².